The summed E-state index contributed by atoms with van der Waals surface area (Å²) in [7, 11) is 1.24. The van der Waals surface area contributed by atoms with Gasteiger partial charge >= 0.3 is 17.6 Å². The minimum atomic E-state index is -1.30. The highest BCUT2D eigenvalue weighted by molar-refractivity contribution is 6.00. The molecule has 0 aromatic heterocycles. The lowest BCUT2D eigenvalue weighted by atomic mass is 9.76. The summed E-state index contributed by atoms with van der Waals surface area (Å²) in [6.45, 7) is 12.2. The van der Waals surface area contributed by atoms with Crippen LogP contribution in [0.25, 0.3) is 0 Å². The zero-order valence-electron chi connectivity index (χ0n) is 30.8. The topological polar surface area (TPSA) is 160 Å². The zero-order valence-corrected chi connectivity index (χ0v) is 30.8. The second kappa shape index (κ2) is 20.5. The molecule has 0 atom stereocenters. The summed E-state index contributed by atoms with van der Waals surface area (Å²) in [5.74, 6) is -3.09. The van der Waals surface area contributed by atoms with E-state index in [0.29, 0.717) is 17.8 Å². The lowest BCUT2D eigenvalue weighted by Crippen LogP contribution is -2.34. The number of methoxy groups -OCH3 is 1. The molecule has 1 aliphatic rings. The molecular formula is C37H57N3O9. The Kier molecular flexibility index (Phi) is 17.3. The van der Waals surface area contributed by atoms with Crippen LogP contribution in [0.1, 0.15) is 149 Å². The summed E-state index contributed by atoms with van der Waals surface area (Å²) in [4.78, 5) is 50.9. The summed E-state index contributed by atoms with van der Waals surface area (Å²) in [5, 5.41) is 27.9. The first-order chi connectivity index (χ1) is 23.3. The third-order valence-electron chi connectivity index (χ3n) is 8.69. The van der Waals surface area contributed by atoms with Crippen LogP contribution in [0.2, 0.25) is 0 Å². The van der Waals surface area contributed by atoms with Crippen molar-refractivity contribution in [3.05, 3.63) is 60.0 Å². The minimum absolute atomic E-state index is 0.00489. The molecule has 0 spiro atoms. The summed E-state index contributed by atoms with van der Waals surface area (Å²) in [5.41, 5.74) is -0.232. The van der Waals surface area contributed by atoms with Gasteiger partial charge in [-0.2, -0.15) is 0 Å². The van der Waals surface area contributed by atoms with E-state index in [1.807, 2.05) is 0 Å². The molecule has 49 heavy (non-hydrogen) atoms. The van der Waals surface area contributed by atoms with E-state index in [-0.39, 0.29) is 34.4 Å². The van der Waals surface area contributed by atoms with Gasteiger partial charge in [0.15, 0.2) is 0 Å². The maximum atomic E-state index is 13.7. The number of rotatable bonds is 22. The fourth-order valence-electron chi connectivity index (χ4n) is 6.47. The Morgan fingerprint density at radius 3 is 1.51 bits per heavy atom. The van der Waals surface area contributed by atoms with Gasteiger partial charge in [0, 0.05) is 22.5 Å². The zero-order chi connectivity index (χ0) is 36.7. The second-order valence-corrected chi connectivity index (χ2v) is 13.4. The number of unbranched alkanes of at least 4 members (excludes halogenated alkanes) is 12. The van der Waals surface area contributed by atoms with Gasteiger partial charge in [-0.25, -0.2) is 9.59 Å². The number of benzene rings is 1. The number of nitro benzene ring substituents is 2. The van der Waals surface area contributed by atoms with Crippen molar-refractivity contribution in [3.63, 3.8) is 0 Å². The predicted molar refractivity (Wildman–Crippen MR) is 189 cm³/mol. The van der Waals surface area contributed by atoms with E-state index in [1.165, 1.54) is 58.5 Å². The number of allylic oxidation sites excluding steroid dienone is 2. The third-order valence-corrected chi connectivity index (χ3v) is 8.69. The van der Waals surface area contributed by atoms with Crippen molar-refractivity contribution in [3.8, 4) is 5.75 Å². The Morgan fingerprint density at radius 2 is 1.14 bits per heavy atom. The Bertz CT molecular complexity index is 1340. The molecule has 1 aromatic carbocycles. The first kappa shape index (κ1) is 41.2. The van der Waals surface area contributed by atoms with Crippen LogP contribution in [-0.2, 0) is 25.5 Å². The van der Waals surface area contributed by atoms with Gasteiger partial charge < -0.3 is 19.5 Å². The number of esters is 2. The number of ether oxygens (including phenoxy) is 3. The molecule has 0 saturated carbocycles. The van der Waals surface area contributed by atoms with Crippen LogP contribution >= 0.6 is 0 Å². The van der Waals surface area contributed by atoms with Crippen molar-refractivity contribution in [2.45, 2.75) is 156 Å². The van der Waals surface area contributed by atoms with Gasteiger partial charge in [0.1, 0.15) is 0 Å². The number of hydrogen-bond acceptors (Lipinski definition) is 10. The highest BCUT2D eigenvalue weighted by Gasteiger charge is 2.44. The molecule has 0 saturated heterocycles. The standard InChI is InChI=1S/C37H57N3O9/c1-9-10-11-12-13-14-15-16-17-18-19-20-21-22-28-29(39(43)44)23-30(40(45)46)35(47-8)33(28)34-31(36(41)48-24(2)3)26(6)38-27(7)32(34)37(42)49-25(4)5/h23-25,34,38H,9-22H2,1-8H3. The van der Waals surface area contributed by atoms with Crippen molar-refractivity contribution in [2.75, 3.05) is 7.11 Å². The number of dihydropyridines is 1. The van der Waals surface area contributed by atoms with E-state index >= 15 is 0 Å². The van der Waals surface area contributed by atoms with Crippen LogP contribution in [0.4, 0.5) is 11.4 Å². The molecule has 0 unspecified atom stereocenters. The quantitative estimate of drug-likeness (QED) is 0.0538. The fraction of sp³-hybridized carbons (Fsp3) is 0.676. The number of nitro groups is 2. The molecule has 1 aromatic rings. The van der Waals surface area contributed by atoms with Gasteiger partial charge in [-0.15, -0.1) is 0 Å². The van der Waals surface area contributed by atoms with Gasteiger partial charge in [-0.05, 0) is 54.4 Å². The highest BCUT2D eigenvalue weighted by Crippen LogP contribution is 2.50. The van der Waals surface area contributed by atoms with E-state index in [2.05, 4.69) is 12.2 Å². The molecule has 274 valence electrons. The Balaban J connectivity index is 2.55. The maximum absolute atomic E-state index is 13.7. The van der Waals surface area contributed by atoms with Crippen molar-refractivity contribution in [1.82, 2.24) is 5.32 Å². The van der Waals surface area contributed by atoms with Crippen LogP contribution < -0.4 is 10.1 Å². The smallest absolute Gasteiger partial charge is 0.337 e. The molecule has 0 bridgehead atoms. The van der Waals surface area contributed by atoms with E-state index < -0.39 is 51.3 Å². The Morgan fingerprint density at radius 1 is 0.735 bits per heavy atom. The number of nitrogens with one attached hydrogen (secondary N) is 1. The number of nitrogens with zero attached hydrogens (tertiary/aromatic N) is 2. The van der Waals surface area contributed by atoms with Crippen LogP contribution in [0.5, 0.6) is 5.75 Å². The van der Waals surface area contributed by atoms with E-state index in [1.54, 1.807) is 41.5 Å². The fourth-order valence-corrected chi connectivity index (χ4v) is 6.47. The molecular weight excluding hydrogens is 630 g/mol. The minimum Gasteiger partial charge on any atom is -0.490 e. The molecule has 0 radical (unpaired) electrons. The van der Waals surface area contributed by atoms with Crippen molar-refractivity contribution >= 4 is 23.3 Å². The Hall–Kier alpha value is -3.96. The summed E-state index contributed by atoms with van der Waals surface area (Å²) in [6.07, 6.45) is 13.7. The molecule has 1 aliphatic heterocycles. The molecule has 2 rings (SSSR count). The summed E-state index contributed by atoms with van der Waals surface area (Å²) >= 11 is 0. The lowest BCUT2D eigenvalue weighted by Gasteiger charge is -2.32. The summed E-state index contributed by atoms with van der Waals surface area (Å²) in [6, 6.07) is 0.909. The predicted octanol–water partition coefficient (Wildman–Crippen LogP) is 9.28. The molecule has 12 heteroatoms. The first-order valence-electron chi connectivity index (χ1n) is 17.9. The van der Waals surface area contributed by atoms with Crippen molar-refractivity contribution in [1.29, 1.82) is 0 Å². The van der Waals surface area contributed by atoms with Gasteiger partial charge in [0.2, 0.25) is 5.75 Å². The third kappa shape index (κ3) is 11.9. The average molecular weight is 688 g/mol. The van der Waals surface area contributed by atoms with Crippen molar-refractivity contribution < 1.29 is 33.6 Å². The molecule has 12 nitrogen and oxygen atoms in total. The normalized spacial score (nSPS) is 13.6. The van der Waals surface area contributed by atoms with Crippen LogP contribution in [0.3, 0.4) is 0 Å². The van der Waals surface area contributed by atoms with Crippen LogP contribution in [-0.4, -0.2) is 41.1 Å². The second-order valence-electron chi connectivity index (χ2n) is 13.4. The monoisotopic (exact) mass is 687 g/mol. The molecule has 1 heterocycles. The van der Waals surface area contributed by atoms with E-state index in [4.69, 9.17) is 14.2 Å². The van der Waals surface area contributed by atoms with Gasteiger partial charge in [0.05, 0.1) is 52.3 Å². The van der Waals surface area contributed by atoms with E-state index in [0.717, 1.165) is 31.7 Å². The Labute approximate surface area is 291 Å². The number of carbonyl (C=O) groups excluding carboxylic acids is 2. The molecule has 0 aliphatic carbocycles. The first-order valence-corrected chi connectivity index (χ1v) is 17.9. The molecule has 1 N–H and O–H groups in total. The largest absolute Gasteiger partial charge is 0.490 e. The van der Waals surface area contributed by atoms with Crippen molar-refractivity contribution in [2.24, 2.45) is 0 Å². The van der Waals surface area contributed by atoms with Gasteiger partial charge in [-0.3, -0.25) is 20.2 Å². The molecule has 0 amide bonds. The molecule has 0 fully saturated rings. The average Bonchev–Trinajstić information content (AvgIpc) is 3.01. The van der Waals surface area contributed by atoms with Crippen LogP contribution in [0.15, 0.2) is 28.6 Å². The van der Waals surface area contributed by atoms with Crippen LogP contribution in [0, 0.1) is 20.2 Å². The maximum Gasteiger partial charge on any atom is 0.337 e. The number of carbonyl (C=O) groups is 2. The van der Waals surface area contributed by atoms with Gasteiger partial charge in [-0.1, -0.05) is 84.0 Å². The highest BCUT2D eigenvalue weighted by atomic mass is 16.6. The summed E-state index contributed by atoms with van der Waals surface area (Å²) < 4.78 is 16.8. The lowest BCUT2D eigenvalue weighted by molar-refractivity contribution is -0.395. The SMILES string of the molecule is CCCCCCCCCCCCCCCc1c([N+](=O)[O-])cc([N+](=O)[O-])c(OC)c1C1C(C(=O)OC(C)C)=C(C)NC(C)=C1C(=O)OC(C)C. The number of hydrogen-bond donors (Lipinski definition) is 1. The van der Waals surface area contributed by atoms with Gasteiger partial charge in [0.25, 0.3) is 5.69 Å². The van der Waals surface area contributed by atoms with E-state index in [9.17, 15) is 29.8 Å².